The van der Waals surface area contributed by atoms with Gasteiger partial charge in [-0.2, -0.15) is 11.8 Å². The second-order valence-corrected chi connectivity index (χ2v) is 7.20. The molecule has 3 rings (SSSR count). The lowest BCUT2D eigenvalue weighted by molar-refractivity contribution is -0.144. The molecule has 1 aromatic heterocycles. The van der Waals surface area contributed by atoms with Crippen molar-refractivity contribution in [1.82, 2.24) is 9.88 Å². The van der Waals surface area contributed by atoms with Crippen LogP contribution in [-0.4, -0.2) is 58.0 Å². The number of nitrogens with one attached hydrogen (secondary N) is 2. The molecule has 7 heteroatoms. The lowest BCUT2D eigenvalue weighted by Crippen LogP contribution is -2.39. The van der Waals surface area contributed by atoms with E-state index in [9.17, 15) is 14.7 Å². The monoisotopic (exact) mass is 347 g/mol. The largest absolute Gasteiger partial charge is 0.481 e. The van der Waals surface area contributed by atoms with Gasteiger partial charge in [-0.1, -0.05) is 6.07 Å². The predicted molar refractivity (Wildman–Crippen MR) is 96.4 cm³/mol. The van der Waals surface area contributed by atoms with Crippen LogP contribution in [0.3, 0.4) is 0 Å². The molecule has 128 valence electrons. The maximum atomic E-state index is 12.2. The summed E-state index contributed by atoms with van der Waals surface area (Å²) in [5.41, 5.74) is 1.61. The number of aliphatic carboxylic acids is 1. The molecular weight excluding hydrogens is 326 g/mol. The highest BCUT2D eigenvalue weighted by Gasteiger charge is 2.25. The molecule has 24 heavy (non-hydrogen) atoms. The first kappa shape index (κ1) is 16.9. The quantitative estimate of drug-likeness (QED) is 0.746. The highest BCUT2D eigenvalue weighted by Crippen LogP contribution is 2.19. The molecule has 1 aromatic carbocycles. The number of benzene rings is 1. The van der Waals surface area contributed by atoms with Crippen molar-refractivity contribution in [3.05, 3.63) is 30.5 Å². The van der Waals surface area contributed by atoms with Crippen LogP contribution in [0.25, 0.3) is 10.9 Å². The Bertz CT molecular complexity index is 725. The summed E-state index contributed by atoms with van der Waals surface area (Å²) >= 11 is 1.88. The third-order valence-corrected chi connectivity index (χ3v) is 5.14. The van der Waals surface area contributed by atoms with Gasteiger partial charge >= 0.3 is 5.97 Å². The smallest absolute Gasteiger partial charge is 0.308 e. The standard InChI is InChI=1S/C17H21N3O3S/c21-16(19-14-2-1-12-3-4-18-15(12)10-14)9-13(17(22)23)11-20-5-7-24-8-6-20/h1-4,10,13,18H,5-9,11H2,(H,19,21)(H,22,23). The topological polar surface area (TPSA) is 85.4 Å². The molecule has 2 heterocycles. The van der Waals surface area contributed by atoms with E-state index >= 15 is 0 Å². The number of nitrogens with zero attached hydrogens (tertiary/aromatic N) is 1. The first-order chi connectivity index (χ1) is 11.6. The van der Waals surface area contributed by atoms with Gasteiger partial charge in [-0.05, 0) is 23.6 Å². The zero-order chi connectivity index (χ0) is 16.9. The van der Waals surface area contributed by atoms with Crippen molar-refractivity contribution in [3.8, 4) is 0 Å². The summed E-state index contributed by atoms with van der Waals surface area (Å²) in [5, 5.41) is 13.3. The minimum Gasteiger partial charge on any atom is -0.481 e. The number of carbonyl (C=O) groups excluding carboxylic acids is 1. The number of H-pyrrole nitrogens is 1. The average Bonchev–Trinajstić information content (AvgIpc) is 3.02. The van der Waals surface area contributed by atoms with Crippen molar-refractivity contribution >= 4 is 40.2 Å². The Labute approximate surface area is 144 Å². The molecule has 0 saturated carbocycles. The van der Waals surface area contributed by atoms with E-state index in [0.29, 0.717) is 12.2 Å². The minimum atomic E-state index is -0.914. The molecule has 1 aliphatic rings. The number of thioether (sulfide) groups is 1. The molecule has 1 fully saturated rings. The van der Waals surface area contributed by atoms with Crippen molar-refractivity contribution < 1.29 is 14.7 Å². The summed E-state index contributed by atoms with van der Waals surface area (Å²) in [7, 11) is 0. The van der Waals surface area contributed by atoms with Crippen LogP contribution in [0.1, 0.15) is 6.42 Å². The van der Waals surface area contributed by atoms with Gasteiger partial charge in [0.05, 0.1) is 5.92 Å². The van der Waals surface area contributed by atoms with Crippen molar-refractivity contribution in [2.45, 2.75) is 6.42 Å². The normalized spacial score (nSPS) is 16.8. The Balaban J connectivity index is 1.59. The first-order valence-corrected chi connectivity index (χ1v) is 9.17. The van der Waals surface area contributed by atoms with E-state index in [0.717, 1.165) is 35.5 Å². The Hall–Kier alpha value is -1.99. The van der Waals surface area contributed by atoms with Gasteiger partial charge in [0, 0.05) is 55.0 Å². The molecule has 3 N–H and O–H groups in total. The van der Waals surface area contributed by atoms with E-state index in [1.165, 1.54) is 0 Å². The van der Waals surface area contributed by atoms with Crippen molar-refractivity contribution in [1.29, 1.82) is 0 Å². The van der Waals surface area contributed by atoms with Gasteiger partial charge in [-0.15, -0.1) is 0 Å². The van der Waals surface area contributed by atoms with Gasteiger partial charge in [-0.3, -0.25) is 9.59 Å². The molecule has 6 nitrogen and oxygen atoms in total. The number of aromatic amines is 1. The van der Waals surface area contributed by atoms with E-state index in [1.54, 1.807) is 0 Å². The fourth-order valence-corrected chi connectivity index (χ4v) is 3.87. The summed E-state index contributed by atoms with van der Waals surface area (Å²) in [6, 6.07) is 7.55. The Morgan fingerprint density at radius 3 is 2.83 bits per heavy atom. The zero-order valence-corrected chi connectivity index (χ0v) is 14.1. The van der Waals surface area contributed by atoms with Crippen LogP contribution in [0.5, 0.6) is 0 Å². The van der Waals surface area contributed by atoms with Crippen molar-refractivity contribution in [2.75, 3.05) is 36.5 Å². The number of carboxylic acid groups (broad SMARTS) is 1. The number of fused-ring (bicyclic) bond motifs is 1. The van der Waals surface area contributed by atoms with Gasteiger partial charge in [0.15, 0.2) is 0 Å². The molecule has 0 bridgehead atoms. The van der Waals surface area contributed by atoms with E-state index in [4.69, 9.17) is 0 Å². The highest BCUT2D eigenvalue weighted by molar-refractivity contribution is 7.99. The van der Waals surface area contributed by atoms with Crippen LogP contribution in [0.15, 0.2) is 30.5 Å². The number of hydrogen-bond donors (Lipinski definition) is 3. The van der Waals surface area contributed by atoms with E-state index in [2.05, 4.69) is 15.2 Å². The Morgan fingerprint density at radius 1 is 1.29 bits per heavy atom. The zero-order valence-electron chi connectivity index (χ0n) is 13.3. The van der Waals surface area contributed by atoms with Crippen LogP contribution >= 0.6 is 11.8 Å². The number of carbonyl (C=O) groups is 2. The van der Waals surface area contributed by atoms with E-state index < -0.39 is 11.9 Å². The average molecular weight is 347 g/mol. The summed E-state index contributed by atoms with van der Waals surface area (Å²) < 4.78 is 0. The lowest BCUT2D eigenvalue weighted by atomic mass is 10.0. The summed E-state index contributed by atoms with van der Waals surface area (Å²) in [6.07, 6.45) is 1.83. The SMILES string of the molecule is O=C(CC(CN1CCSCC1)C(=O)O)Nc1ccc2cc[nH]c2c1. The first-order valence-electron chi connectivity index (χ1n) is 8.02. The number of rotatable bonds is 6. The van der Waals surface area contributed by atoms with Gasteiger partial charge in [0.1, 0.15) is 0 Å². The van der Waals surface area contributed by atoms with E-state index in [1.807, 2.05) is 42.2 Å². The molecule has 1 saturated heterocycles. The number of amides is 1. The fourth-order valence-electron chi connectivity index (χ4n) is 2.89. The molecule has 0 aliphatic carbocycles. The summed E-state index contributed by atoms with van der Waals surface area (Å²) in [6.45, 7) is 2.21. The molecule has 1 atom stereocenters. The predicted octanol–water partition coefficient (Wildman–Crippen LogP) is 2.25. The van der Waals surface area contributed by atoms with Crippen LogP contribution in [0, 0.1) is 5.92 Å². The van der Waals surface area contributed by atoms with Crippen LogP contribution in [0.4, 0.5) is 5.69 Å². The number of aromatic nitrogens is 1. The van der Waals surface area contributed by atoms with Crippen molar-refractivity contribution in [3.63, 3.8) is 0 Å². The minimum absolute atomic E-state index is 0.0122. The summed E-state index contributed by atoms with van der Waals surface area (Å²) in [5.74, 6) is 0.189. The Morgan fingerprint density at radius 2 is 2.08 bits per heavy atom. The number of anilines is 1. The lowest BCUT2D eigenvalue weighted by Gasteiger charge is -2.28. The molecule has 0 spiro atoms. The fraction of sp³-hybridized carbons (Fsp3) is 0.412. The summed E-state index contributed by atoms with van der Waals surface area (Å²) in [4.78, 5) is 28.9. The van der Waals surface area contributed by atoms with Gasteiger partial charge < -0.3 is 20.3 Å². The molecule has 1 aliphatic heterocycles. The van der Waals surface area contributed by atoms with Crippen LogP contribution < -0.4 is 5.32 Å². The maximum Gasteiger partial charge on any atom is 0.308 e. The maximum absolute atomic E-state index is 12.2. The van der Waals surface area contributed by atoms with Crippen molar-refractivity contribution in [2.24, 2.45) is 5.92 Å². The molecule has 2 aromatic rings. The van der Waals surface area contributed by atoms with Gasteiger partial charge in [-0.25, -0.2) is 0 Å². The number of carboxylic acids is 1. The number of hydrogen-bond acceptors (Lipinski definition) is 4. The Kier molecular flexibility index (Phi) is 5.42. The van der Waals surface area contributed by atoms with Crippen LogP contribution in [0.2, 0.25) is 0 Å². The molecule has 1 unspecified atom stereocenters. The second kappa shape index (κ2) is 7.72. The van der Waals surface area contributed by atoms with Gasteiger partial charge in [0.25, 0.3) is 0 Å². The molecule has 1 amide bonds. The highest BCUT2D eigenvalue weighted by atomic mass is 32.2. The van der Waals surface area contributed by atoms with Crippen LogP contribution in [-0.2, 0) is 9.59 Å². The second-order valence-electron chi connectivity index (χ2n) is 5.98. The third kappa shape index (κ3) is 4.30. The molecule has 0 radical (unpaired) electrons. The van der Waals surface area contributed by atoms with E-state index in [-0.39, 0.29) is 12.3 Å². The van der Waals surface area contributed by atoms with Gasteiger partial charge in [0.2, 0.25) is 5.91 Å². The molecular formula is C17H21N3O3S. The third-order valence-electron chi connectivity index (χ3n) is 4.20.